The van der Waals surface area contributed by atoms with Crippen molar-refractivity contribution >= 4 is 28.6 Å². The molecule has 0 amide bonds. The van der Waals surface area contributed by atoms with Crippen LogP contribution in [0.25, 0.3) is 0 Å². The van der Waals surface area contributed by atoms with E-state index in [1.807, 2.05) is 22.6 Å². The Kier molecular flexibility index (Phi) is 6.31. The molecule has 0 saturated carbocycles. The van der Waals surface area contributed by atoms with Gasteiger partial charge in [0.2, 0.25) is 5.79 Å². The van der Waals surface area contributed by atoms with Crippen molar-refractivity contribution in [2.45, 2.75) is 11.9 Å². The minimum Gasteiger partial charge on any atom is -0.454 e. The van der Waals surface area contributed by atoms with Gasteiger partial charge in [0.05, 0.1) is 18.8 Å². The third-order valence-electron chi connectivity index (χ3n) is 4.82. The van der Waals surface area contributed by atoms with Crippen LogP contribution in [0.1, 0.15) is 21.5 Å². The topological polar surface area (TPSA) is 44.8 Å². The number of carbonyl (C=O) groups is 1. The smallest absolute Gasteiger partial charge is 0.341 e. The summed E-state index contributed by atoms with van der Waals surface area (Å²) in [6.45, 7) is -0.126. The Bertz CT molecular complexity index is 1030. The molecule has 3 aromatic carbocycles. The second-order valence-corrected chi connectivity index (χ2v) is 8.15. The van der Waals surface area contributed by atoms with E-state index in [0.29, 0.717) is 14.7 Å². The summed E-state index contributed by atoms with van der Waals surface area (Å²) in [5.74, 6) is -3.80. The van der Waals surface area contributed by atoms with Crippen molar-refractivity contribution in [3.8, 4) is 0 Å². The first-order valence-electron chi connectivity index (χ1n) is 9.33. The van der Waals surface area contributed by atoms with Crippen LogP contribution in [0.2, 0.25) is 0 Å². The van der Waals surface area contributed by atoms with Crippen LogP contribution in [-0.2, 0) is 20.0 Å². The lowest BCUT2D eigenvalue weighted by Gasteiger charge is -2.40. The van der Waals surface area contributed by atoms with Crippen molar-refractivity contribution in [1.29, 1.82) is 0 Å². The van der Waals surface area contributed by atoms with Crippen LogP contribution in [0.5, 0.6) is 0 Å². The molecule has 0 unspecified atom stereocenters. The first kappa shape index (κ1) is 21.8. The van der Waals surface area contributed by atoms with Gasteiger partial charge in [-0.25, -0.2) is 18.0 Å². The van der Waals surface area contributed by atoms with E-state index in [2.05, 4.69) is 0 Å². The first-order chi connectivity index (χ1) is 14.9. The van der Waals surface area contributed by atoms with Crippen LogP contribution in [0, 0.1) is 21.0 Å². The maximum atomic E-state index is 14.1. The summed E-state index contributed by atoms with van der Waals surface area (Å²) in [5.41, 5.74) is 0.803. The lowest BCUT2D eigenvalue weighted by atomic mass is 9.96. The minimum atomic E-state index is -1.43. The zero-order valence-corrected chi connectivity index (χ0v) is 18.1. The summed E-state index contributed by atoms with van der Waals surface area (Å²) in [5, 5.41) is 0. The molecule has 0 aromatic heterocycles. The molecule has 31 heavy (non-hydrogen) atoms. The van der Waals surface area contributed by atoms with Crippen molar-refractivity contribution in [3.63, 3.8) is 0 Å². The molecule has 0 aliphatic carbocycles. The number of halogens is 4. The van der Waals surface area contributed by atoms with Gasteiger partial charge < -0.3 is 14.2 Å². The number of carbonyl (C=O) groups excluding carboxylic acids is 1. The second kappa shape index (κ2) is 8.97. The van der Waals surface area contributed by atoms with Crippen LogP contribution in [0.3, 0.4) is 0 Å². The van der Waals surface area contributed by atoms with Gasteiger partial charge in [0.25, 0.3) is 0 Å². The van der Waals surface area contributed by atoms with Crippen molar-refractivity contribution in [2.75, 3.05) is 13.2 Å². The molecule has 4 nitrogen and oxygen atoms in total. The highest BCUT2D eigenvalue weighted by molar-refractivity contribution is 14.1. The number of benzene rings is 3. The van der Waals surface area contributed by atoms with E-state index in [0.717, 1.165) is 0 Å². The molecule has 8 heteroatoms. The van der Waals surface area contributed by atoms with E-state index in [1.54, 1.807) is 6.07 Å². The van der Waals surface area contributed by atoms with Crippen molar-refractivity contribution in [3.05, 3.63) is 104 Å². The summed E-state index contributed by atoms with van der Waals surface area (Å²) in [6, 6.07) is 15.3. The molecule has 3 aromatic rings. The number of esters is 1. The summed E-state index contributed by atoms with van der Waals surface area (Å²) in [7, 11) is 0. The summed E-state index contributed by atoms with van der Waals surface area (Å²) >= 11 is 1.94. The highest BCUT2D eigenvalue weighted by atomic mass is 127. The third kappa shape index (κ3) is 4.60. The Morgan fingerprint density at radius 1 is 0.871 bits per heavy atom. The lowest BCUT2D eigenvalue weighted by Crippen LogP contribution is -2.46. The number of hydrogen-bond donors (Lipinski definition) is 0. The Labute approximate surface area is 190 Å². The van der Waals surface area contributed by atoms with Crippen LogP contribution in [-0.4, -0.2) is 25.3 Å². The van der Waals surface area contributed by atoms with Crippen LogP contribution in [0.15, 0.2) is 66.7 Å². The molecule has 0 bridgehead atoms. The van der Waals surface area contributed by atoms with Crippen molar-refractivity contribution < 1.29 is 32.2 Å². The maximum absolute atomic E-state index is 14.1. The van der Waals surface area contributed by atoms with Crippen molar-refractivity contribution in [2.24, 2.45) is 0 Å². The van der Waals surface area contributed by atoms with E-state index in [1.165, 1.54) is 60.7 Å². The van der Waals surface area contributed by atoms with E-state index in [-0.39, 0.29) is 18.8 Å². The fourth-order valence-electron chi connectivity index (χ4n) is 3.29. The largest absolute Gasteiger partial charge is 0.454 e. The second-order valence-electron chi connectivity index (χ2n) is 6.90. The molecule has 0 radical (unpaired) electrons. The van der Waals surface area contributed by atoms with E-state index in [9.17, 15) is 18.0 Å². The number of ether oxygens (including phenoxy) is 3. The molecule has 1 aliphatic rings. The number of hydrogen-bond acceptors (Lipinski definition) is 4. The van der Waals surface area contributed by atoms with E-state index < -0.39 is 35.3 Å². The zero-order chi connectivity index (χ0) is 22.0. The SMILES string of the molecule is O=C(OC1COC(c2ccc(F)cc2)(c2ccc(F)cc2)OC1)c1ccc(I)cc1F. The molecule has 1 fully saturated rings. The Hall–Kier alpha value is -2.43. The van der Waals surface area contributed by atoms with Gasteiger partial charge in [-0.2, -0.15) is 0 Å². The van der Waals surface area contributed by atoms with Gasteiger partial charge in [-0.15, -0.1) is 0 Å². The van der Waals surface area contributed by atoms with Gasteiger partial charge in [-0.1, -0.05) is 24.3 Å². The third-order valence-corrected chi connectivity index (χ3v) is 5.49. The van der Waals surface area contributed by atoms with Gasteiger partial charge in [-0.3, -0.25) is 0 Å². The average molecular weight is 540 g/mol. The van der Waals surface area contributed by atoms with Gasteiger partial charge in [0, 0.05) is 14.7 Å². The average Bonchev–Trinajstić information content (AvgIpc) is 2.75. The highest BCUT2D eigenvalue weighted by Crippen LogP contribution is 2.38. The zero-order valence-electron chi connectivity index (χ0n) is 16.0. The normalized spacial score (nSPS) is 16.1. The van der Waals surface area contributed by atoms with Gasteiger partial charge in [0.1, 0.15) is 23.6 Å². The van der Waals surface area contributed by atoms with Crippen molar-refractivity contribution in [1.82, 2.24) is 0 Å². The molecule has 1 saturated heterocycles. The maximum Gasteiger partial charge on any atom is 0.341 e. The van der Waals surface area contributed by atoms with Crippen LogP contribution in [0.4, 0.5) is 13.2 Å². The predicted molar refractivity (Wildman–Crippen MR) is 114 cm³/mol. The Balaban J connectivity index is 1.55. The molecule has 0 N–H and O–H groups in total. The molecule has 4 rings (SSSR count). The fourth-order valence-corrected chi connectivity index (χ4v) is 3.74. The Morgan fingerprint density at radius 2 is 1.39 bits per heavy atom. The fraction of sp³-hybridized carbons (Fsp3) is 0.174. The highest BCUT2D eigenvalue weighted by Gasteiger charge is 2.42. The van der Waals surface area contributed by atoms with Crippen LogP contribution < -0.4 is 0 Å². The standard InChI is InChI=1S/C23H16F3IO4/c24-16-5-1-14(2-6-16)23(15-3-7-17(25)8-4-15)29-12-19(13-30-23)31-22(28)20-10-9-18(27)11-21(20)26/h1-11,19H,12-13H2. The molecule has 1 heterocycles. The predicted octanol–water partition coefficient (Wildman–Crippen LogP) is 5.18. The van der Waals surface area contributed by atoms with E-state index in [4.69, 9.17) is 14.2 Å². The van der Waals surface area contributed by atoms with E-state index >= 15 is 0 Å². The van der Waals surface area contributed by atoms with Gasteiger partial charge in [-0.05, 0) is 65.1 Å². The Morgan fingerprint density at radius 3 is 1.87 bits per heavy atom. The first-order valence-corrected chi connectivity index (χ1v) is 10.4. The van der Waals surface area contributed by atoms with Crippen LogP contribution >= 0.6 is 22.6 Å². The van der Waals surface area contributed by atoms with Gasteiger partial charge in [0.15, 0.2) is 0 Å². The summed E-state index contributed by atoms with van der Waals surface area (Å²) < 4.78 is 58.9. The monoisotopic (exact) mass is 540 g/mol. The molecule has 1 aliphatic heterocycles. The summed E-state index contributed by atoms with van der Waals surface area (Å²) in [4.78, 5) is 12.4. The molecule has 0 atom stereocenters. The summed E-state index contributed by atoms with van der Waals surface area (Å²) in [6.07, 6.45) is -0.791. The lowest BCUT2D eigenvalue weighted by molar-refractivity contribution is -0.277. The minimum absolute atomic E-state index is 0.0630. The molecular weight excluding hydrogens is 524 g/mol. The number of rotatable bonds is 4. The molecule has 160 valence electrons. The van der Waals surface area contributed by atoms with Gasteiger partial charge >= 0.3 is 5.97 Å². The molecular formula is C23H16F3IO4. The molecule has 0 spiro atoms. The quantitative estimate of drug-likeness (QED) is 0.338.